The molecule has 0 saturated heterocycles. The van der Waals surface area contributed by atoms with Crippen molar-refractivity contribution in [1.82, 2.24) is 10.2 Å². The molecule has 2 N–H and O–H groups in total. The minimum atomic E-state index is -0.884. The largest absolute Gasteiger partial charge is 0.496 e. The second-order valence-electron chi connectivity index (χ2n) is 3.69. The second-order valence-corrected chi connectivity index (χ2v) is 4.54. The van der Waals surface area contributed by atoms with Crippen molar-refractivity contribution in [3.63, 3.8) is 0 Å². The Kier molecular flexibility index (Phi) is 3.66. The summed E-state index contributed by atoms with van der Waals surface area (Å²) in [5.41, 5.74) is 2.22. The predicted octanol–water partition coefficient (Wildman–Crippen LogP) is 2.47. The van der Waals surface area contributed by atoms with Crippen LogP contribution in [-0.4, -0.2) is 28.4 Å². The van der Waals surface area contributed by atoms with E-state index in [0.29, 0.717) is 11.3 Å². The third kappa shape index (κ3) is 2.53. The van der Waals surface area contributed by atoms with E-state index in [1.54, 1.807) is 7.11 Å². The Morgan fingerprint density at radius 2 is 2.33 bits per heavy atom. The topological polar surface area (TPSA) is 75.2 Å². The first-order chi connectivity index (χ1) is 8.61. The highest BCUT2D eigenvalue weighted by molar-refractivity contribution is 9.10. The van der Waals surface area contributed by atoms with Crippen LogP contribution < -0.4 is 4.74 Å². The first kappa shape index (κ1) is 12.6. The summed E-state index contributed by atoms with van der Waals surface area (Å²) < 4.78 is 5.95. The highest BCUT2D eigenvalue weighted by Crippen LogP contribution is 2.31. The van der Waals surface area contributed by atoms with Crippen molar-refractivity contribution >= 4 is 21.9 Å². The van der Waals surface area contributed by atoms with Crippen molar-refractivity contribution in [3.05, 3.63) is 34.4 Å². The summed E-state index contributed by atoms with van der Waals surface area (Å²) in [6.07, 6.45) is 1.47. The van der Waals surface area contributed by atoms with Crippen molar-refractivity contribution in [2.45, 2.75) is 6.42 Å². The van der Waals surface area contributed by atoms with Gasteiger partial charge in [0.2, 0.25) is 0 Å². The van der Waals surface area contributed by atoms with Gasteiger partial charge in [-0.2, -0.15) is 5.10 Å². The Labute approximate surface area is 112 Å². The van der Waals surface area contributed by atoms with Crippen molar-refractivity contribution in [2.24, 2.45) is 0 Å². The molecule has 0 aliphatic heterocycles. The number of ether oxygens (including phenoxy) is 1. The van der Waals surface area contributed by atoms with E-state index in [2.05, 4.69) is 26.1 Å². The maximum Gasteiger partial charge on any atom is 0.307 e. The Morgan fingerprint density at radius 3 is 2.94 bits per heavy atom. The molecule has 0 aliphatic carbocycles. The van der Waals surface area contributed by atoms with Crippen molar-refractivity contribution < 1.29 is 14.6 Å². The number of hydrogen-bond acceptors (Lipinski definition) is 3. The lowest BCUT2D eigenvalue weighted by atomic mass is 10.1. The average Bonchev–Trinajstić information content (AvgIpc) is 2.76. The van der Waals surface area contributed by atoms with Crippen molar-refractivity contribution in [2.75, 3.05) is 7.11 Å². The van der Waals surface area contributed by atoms with E-state index in [4.69, 9.17) is 9.84 Å². The number of hydrogen-bond donors (Lipinski definition) is 2. The van der Waals surface area contributed by atoms with Gasteiger partial charge in [0.25, 0.3) is 0 Å². The number of nitrogens with zero attached hydrogens (tertiary/aromatic N) is 1. The highest BCUT2D eigenvalue weighted by atomic mass is 79.9. The van der Waals surface area contributed by atoms with Crippen LogP contribution in [0.4, 0.5) is 0 Å². The van der Waals surface area contributed by atoms with Gasteiger partial charge in [-0.1, -0.05) is 0 Å². The molecule has 6 heteroatoms. The van der Waals surface area contributed by atoms with E-state index in [0.717, 1.165) is 15.8 Å². The number of carboxylic acid groups (broad SMARTS) is 1. The fourth-order valence-corrected chi connectivity index (χ4v) is 2.22. The molecule has 0 spiro atoms. The molecule has 0 bridgehead atoms. The predicted molar refractivity (Wildman–Crippen MR) is 69.6 cm³/mol. The Hall–Kier alpha value is -1.82. The van der Waals surface area contributed by atoms with Crippen molar-refractivity contribution in [3.8, 4) is 17.0 Å². The number of halogens is 1. The maximum absolute atomic E-state index is 10.7. The van der Waals surface area contributed by atoms with Crippen LogP contribution in [0.25, 0.3) is 11.3 Å². The summed E-state index contributed by atoms with van der Waals surface area (Å²) >= 11 is 3.39. The zero-order valence-electron chi connectivity index (χ0n) is 9.61. The number of rotatable bonds is 4. The number of aromatic nitrogens is 2. The van der Waals surface area contributed by atoms with E-state index in [9.17, 15) is 4.79 Å². The van der Waals surface area contributed by atoms with Gasteiger partial charge >= 0.3 is 5.97 Å². The molecule has 1 heterocycles. The lowest BCUT2D eigenvalue weighted by Gasteiger charge is -2.06. The van der Waals surface area contributed by atoms with Crippen LogP contribution in [0.15, 0.2) is 28.9 Å². The van der Waals surface area contributed by atoms with E-state index in [1.807, 2.05) is 18.2 Å². The van der Waals surface area contributed by atoms with Crippen LogP contribution in [0.1, 0.15) is 5.56 Å². The number of nitrogens with one attached hydrogen (secondary N) is 1. The molecule has 0 radical (unpaired) electrons. The normalized spacial score (nSPS) is 10.3. The van der Waals surface area contributed by atoms with Crippen LogP contribution in [0.2, 0.25) is 0 Å². The van der Waals surface area contributed by atoms with Crippen LogP contribution >= 0.6 is 15.9 Å². The molecule has 0 fully saturated rings. The number of benzene rings is 1. The maximum atomic E-state index is 10.7. The minimum absolute atomic E-state index is 0.0600. The van der Waals surface area contributed by atoms with Gasteiger partial charge in [-0.3, -0.25) is 9.89 Å². The average molecular weight is 311 g/mol. The first-order valence-corrected chi connectivity index (χ1v) is 5.99. The Morgan fingerprint density at radius 1 is 1.56 bits per heavy atom. The van der Waals surface area contributed by atoms with Gasteiger partial charge in [0.05, 0.1) is 29.9 Å². The van der Waals surface area contributed by atoms with Crippen LogP contribution in [0, 0.1) is 0 Å². The molecular weight excluding hydrogens is 300 g/mol. The van der Waals surface area contributed by atoms with Crippen LogP contribution in [0.5, 0.6) is 5.75 Å². The van der Waals surface area contributed by atoms with Gasteiger partial charge < -0.3 is 9.84 Å². The molecule has 0 amide bonds. The summed E-state index contributed by atoms with van der Waals surface area (Å²) in [5, 5.41) is 15.5. The molecular formula is C12H11BrN2O3. The quantitative estimate of drug-likeness (QED) is 0.909. The van der Waals surface area contributed by atoms with E-state index in [-0.39, 0.29) is 6.42 Å². The summed E-state index contributed by atoms with van der Waals surface area (Å²) in [7, 11) is 1.59. The molecule has 0 aliphatic rings. The lowest BCUT2D eigenvalue weighted by Crippen LogP contribution is -2.00. The molecule has 18 heavy (non-hydrogen) atoms. The van der Waals surface area contributed by atoms with Gasteiger partial charge in [0.15, 0.2) is 0 Å². The number of carboxylic acids is 1. The highest BCUT2D eigenvalue weighted by Gasteiger charge is 2.12. The van der Waals surface area contributed by atoms with E-state index >= 15 is 0 Å². The summed E-state index contributed by atoms with van der Waals surface area (Å²) in [5.74, 6) is -0.164. The molecule has 5 nitrogen and oxygen atoms in total. The van der Waals surface area contributed by atoms with Crippen molar-refractivity contribution in [1.29, 1.82) is 0 Å². The Bertz CT molecular complexity index is 580. The monoisotopic (exact) mass is 310 g/mol. The fraction of sp³-hybridized carbons (Fsp3) is 0.167. The third-order valence-electron chi connectivity index (χ3n) is 2.50. The van der Waals surface area contributed by atoms with Gasteiger partial charge in [0, 0.05) is 11.1 Å². The lowest BCUT2D eigenvalue weighted by molar-refractivity contribution is -0.136. The molecule has 1 aromatic carbocycles. The molecule has 0 unspecified atom stereocenters. The van der Waals surface area contributed by atoms with E-state index in [1.165, 1.54) is 6.20 Å². The molecule has 1 aromatic heterocycles. The number of methoxy groups -OCH3 is 1. The van der Waals surface area contributed by atoms with Gasteiger partial charge in [-0.15, -0.1) is 0 Å². The summed E-state index contributed by atoms with van der Waals surface area (Å²) in [6.45, 7) is 0. The smallest absolute Gasteiger partial charge is 0.307 e. The molecule has 0 saturated carbocycles. The van der Waals surface area contributed by atoms with Crippen LogP contribution in [0.3, 0.4) is 0 Å². The van der Waals surface area contributed by atoms with Gasteiger partial charge in [-0.05, 0) is 34.1 Å². The molecule has 94 valence electrons. The van der Waals surface area contributed by atoms with Gasteiger partial charge in [0.1, 0.15) is 5.75 Å². The number of aliphatic carboxylic acids is 1. The summed E-state index contributed by atoms with van der Waals surface area (Å²) in [6, 6.07) is 5.52. The van der Waals surface area contributed by atoms with E-state index < -0.39 is 5.97 Å². The zero-order valence-corrected chi connectivity index (χ0v) is 11.2. The Balaban J connectivity index is 2.40. The van der Waals surface area contributed by atoms with Crippen LogP contribution in [-0.2, 0) is 11.2 Å². The standard InChI is InChI=1S/C12H11BrN2O3/c1-18-10-3-2-7(4-9(10)13)12-8(5-11(16)17)6-14-15-12/h2-4,6H,5H2,1H3,(H,14,15)(H,16,17). The number of aromatic amines is 1. The first-order valence-electron chi connectivity index (χ1n) is 5.19. The number of H-pyrrole nitrogens is 1. The molecule has 2 aromatic rings. The second kappa shape index (κ2) is 5.22. The number of carbonyl (C=O) groups is 1. The fourth-order valence-electron chi connectivity index (χ4n) is 1.68. The van der Waals surface area contributed by atoms with Gasteiger partial charge in [-0.25, -0.2) is 0 Å². The summed E-state index contributed by atoms with van der Waals surface area (Å²) in [4.78, 5) is 10.7. The molecule has 2 rings (SSSR count). The SMILES string of the molecule is COc1ccc(-c2[nH]ncc2CC(=O)O)cc1Br. The molecule has 0 atom stereocenters. The zero-order chi connectivity index (χ0) is 13.1. The third-order valence-corrected chi connectivity index (χ3v) is 3.12. The minimum Gasteiger partial charge on any atom is -0.496 e.